The Hall–Kier alpha value is -3.21. The van der Waals surface area contributed by atoms with Gasteiger partial charge in [0.2, 0.25) is 0 Å². The number of phenols is 2. The molecule has 0 saturated carbocycles. The first-order chi connectivity index (χ1) is 14.2. The molecule has 0 aliphatic carbocycles. The summed E-state index contributed by atoms with van der Waals surface area (Å²) in [6, 6.07) is 6.08. The number of hydrogen-bond acceptors (Lipinski definition) is 5. The van der Waals surface area contributed by atoms with Crippen LogP contribution < -0.4 is 9.47 Å². The molecule has 5 heteroatoms. The average Bonchev–Trinajstić information content (AvgIpc) is 2.66. The van der Waals surface area contributed by atoms with Crippen molar-refractivity contribution < 1.29 is 24.5 Å². The molecule has 4 rings (SSSR count). The zero-order chi connectivity index (χ0) is 21.6. The SMILES string of the molecule is CC(C)=CCc1c2c(cc3c1OC[C@H](c1ccc(O)cc1O)C3=O)C=CC(C)(C)O2. The minimum Gasteiger partial charge on any atom is -0.508 e. The molecule has 0 unspecified atom stereocenters. The number of ketones is 1. The van der Waals surface area contributed by atoms with Crippen LogP contribution in [0.5, 0.6) is 23.0 Å². The molecule has 0 amide bonds. The molecule has 2 aliphatic heterocycles. The van der Waals surface area contributed by atoms with Gasteiger partial charge in [-0.2, -0.15) is 0 Å². The van der Waals surface area contributed by atoms with E-state index in [2.05, 4.69) is 6.08 Å². The third-order valence-corrected chi connectivity index (χ3v) is 5.46. The fraction of sp³-hybridized carbons (Fsp3) is 0.320. The molecule has 2 aromatic rings. The van der Waals surface area contributed by atoms with Crippen LogP contribution in [0, 0.1) is 0 Å². The van der Waals surface area contributed by atoms with Crippen LogP contribution in [-0.4, -0.2) is 28.2 Å². The van der Waals surface area contributed by atoms with Crippen LogP contribution in [0.4, 0.5) is 0 Å². The highest BCUT2D eigenvalue weighted by Gasteiger charge is 2.36. The maximum absolute atomic E-state index is 13.4. The quantitative estimate of drug-likeness (QED) is 0.690. The number of hydrogen-bond donors (Lipinski definition) is 2. The smallest absolute Gasteiger partial charge is 0.177 e. The molecule has 0 saturated heterocycles. The minimum atomic E-state index is -0.641. The lowest BCUT2D eigenvalue weighted by atomic mass is 9.85. The lowest BCUT2D eigenvalue weighted by molar-refractivity contribution is 0.0891. The van der Waals surface area contributed by atoms with Gasteiger partial charge in [-0.25, -0.2) is 0 Å². The number of rotatable bonds is 3. The van der Waals surface area contributed by atoms with Crippen molar-refractivity contribution in [3.8, 4) is 23.0 Å². The molecule has 5 nitrogen and oxygen atoms in total. The summed E-state index contributed by atoms with van der Waals surface area (Å²) in [7, 11) is 0. The second-order valence-electron chi connectivity index (χ2n) is 8.65. The van der Waals surface area contributed by atoms with Gasteiger partial charge >= 0.3 is 0 Å². The van der Waals surface area contributed by atoms with Crippen LogP contribution in [0.1, 0.15) is 60.7 Å². The molecule has 0 radical (unpaired) electrons. The molecule has 2 N–H and O–H groups in total. The van der Waals surface area contributed by atoms with E-state index in [0.717, 1.165) is 16.9 Å². The second kappa shape index (κ2) is 7.24. The molecule has 0 spiro atoms. The normalized spacial score (nSPS) is 18.7. The summed E-state index contributed by atoms with van der Waals surface area (Å²) in [5, 5.41) is 19.8. The van der Waals surface area contributed by atoms with E-state index in [1.165, 1.54) is 17.7 Å². The largest absolute Gasteiger partial charge is 0.508 e. The first-order valence-electron chi connectivity index (χ1n) is 10.1. The van der Waals surface area contributed by atoms with Crippen LogP contribution in [0.2, 0.25) is 0 Å². The number of benzene rings is 2. The first-order valence-corrected chi connectivity index (χ1v) is 10.1. The Balaban J connectivity index is 1.84. The van der Waals surface area contributed by atoms with Gasteiger partial charge in [-0.05, 0) is 52.3 Å². The summed E-state index contributed by atoms with van der Waals surface area (Å²) in [5.41, 5.74) is 3.36. The monoisotopic (exact) mass is 406 g/mol. The van der Waals surface area contributed by atoms with E-state index in [4.69, 9.17) is 9.47 Å². The molecule has 1 atom stereocenters. The van der Waals surface area contributed by atoms with Crippen molar-refractivity contribution >= 4 is 11.9 Å². The van der Waals surface area contributed by atoms with Crippen molar-refractivity contribution in [2.24, 2.45) is 0 Å². The van der Waals surface area contributed by atoms with Gasteiger partial charge in [-0.1, -0.05) is 23.8 Å². The van der Waals surface area contributed by atoms with Crippen LogP contribution in [0.3, 0.4) is 0 Å². The number of phenolic OH excluding ortho intramolecular Hbond substituents is 2. The van der Waals surface area contributed by atoms with Crippen molar-refractivity contribution in [2.45, 2.75) is 45.6 Å². The highest BCUT2D eigenvalue weighted by Crippen LogP contribution is 2.46. The highest BCUT2D eigenvalue weighted by atomic mass is 16.5. The van der Waals surface area contributed by atoms with Gasteiger partial charge in [-0.3, -0.25) is 4.79 Å². The summed E-state index contributed by atoms with van der Waals surface area (Å²) in [6.07, 6.45) is 6.65. The van der Waals surface area contributed by atoms with Gasteiger partial charge in [-0.15, -0.1) is 0 Å². The zero-order valence-corrected chi connectivity index (χ0v) is 17.7. The van der Waals surface area contributed by atoms with E-state index in [1.54, 1.807) is 6.07 Å². The Bertz CT molecular complexity index is 1090. The maximum Gasteiger partial charge on any atom is 0.177 e. The Kier molecular flexibility index (Phi) is 4.85. The van der Waals surface area contributed by atoms with Crippen molar-refractivity contribution in [2.75, 3.05) is 6.61 Å². The number of fused-ring (bicyclic) bond motifs is 2. The van der Waals surface area contributed by atoms with Gasteiger partial charge < -0.3 is 19.7 Å². The van der Waals surface area contributed by atoms with Crippen LogP contribution in [0.25, 0.3) is 6.08 Å². The predicted octanol–water partition coefficient (Wildman–Crippen LogP) is 5.15. The van der Waals surface area contributed by atoms with E-state index in [0.29, 0.717) is 23.3 Å². The molecule has 156 valence electrons. The second-order valence-corrected chi connectivity index (χ2v) is 8.65. The summed E-state index contributed by atoms with van der Waals surface area (Å²) in [6.45, 7) is 8.16. The van der Waals surface area contributed by atoms with E-state index >= 15 is 0 Å². The van der Waals surface area contributed by atoms with Crippen LogP contribution in [-0.2, 0) is 6.42 Å². The number of Topliss-reactive ketones (excluding diaryl/α,β-unsaturated/α-hetero) is 1. The molecular weight excluding hydrogens is 380 g/mol. The minimum absolute atomic E-state index is 0.0520. The molecular formula is C25H26O5. The summed E-state index contributed by atoms with van der Waals surface area (Å²) >= 11 is 0. The predicted molar refractivity (Wildman–Crippen MR) is 116 cm³/mol. The lowest BCUT2D eigenvalue weighted by Gasteiger charge is -2.33. The molecule has 2 aromatic carbocycles. The Morgan fingerprint density at radius 2 is 1.97 bits per heavy atom. The standard InChI is InChI=1S/C25H26O5/c1-14(2)5-7-18-23-15(9-10-25(3,4)30-23)11-19-22(28)20(13-29-24(18)19)17-8-6-16(26)12-21(17)27/h5-6,8-12,20,26-27H,7,13H2,1-4H3/t20-/m1/s1. The average molecular weight is 406 g/mol. The van der Waals surface area contributed by atoms with Crippen molar-refractivity contribution in [3.63, 3.8) is 0 Å². The van der Waals surface area contributed by atoms with E-state index < -0.39 is 11.5 Å². The van der Waals surface area contributed by atoms with Crippen molar-refractivity contribution in [1.82, 2.24) is 0 Å². The van der Waals surface area contributed by atoms with Crippen molar-refractivity contribution in [1.29, 1.82) is 0 Å². The molecule has 30 heavy (non-hydrogen) atoms. The fourth-order valence-corrected chi connectivity index (χ4v) is 3.89. The van der Waals surface area contributed by atoms with E-state index in [1.807, 2.05) is 45.9 Å². The molecule has 2 aliphatic rings. The Morgan fingerprint density at radius 1 is 1.20 bits per heavy atom. The molecule has 0 fully saturated rings. The van der Waals surface area contributed by atoms with Gasteiger partial charge in [0.05, 0.1) is 11.5 Å². The van der Waals surface area contributed by atoms with Gasteiger partial charge in [0.25, 0.3) is 0 Å². The Labute approximate surface area is 176 Å². The zero-order valence-electron chi connectivity index (χ0n) is 17.7. The first kappa shape index (κ1) is 20.1. The van der Waals surface area contributed by atoms with Crippen LogP contribution in [0.15, 0.2) is 42.0 Å². The molecule has 0 bridgehead atoms. The van der Waals surface area contributed by atoms with E-state index in [-0.39, 0.29) is 23.9 Å². The van der Waals surface area contributed by atoms with E-state index in [9.17, 15) is 15.0 Å². The highest BCUT2D eigenvalue weighted by molar-refractivity contribution is 6.06. The number of ether oxygens (including phenoxy) is 2. The van der Waals surface area contributed by atoms with Gasteiger partial charge in [0, 0.05) is 22.8 Å². The summed E-state index contributed by atoms with van der Waals surface area (Å²) in [4.78, 5) is 13.4. The van der Waals surface area contributed by atoms with Crippen LogP contribution >= 0.6 is 0 Å². The fourth-order valence-electron chi connectivity index (χ4n) is 3.89. The third kappa shape index (κ3) is 3.56. The number of aromatic hydroxyl groups is 2. The molecule has 2 heterocycles. The van der Waals surface area contributed by atoms with Gasteiger partial charge in [0.15, 0.2) is 5.78 Å². The van der Waals surface area contributed by atoms with Crippen molar-refractivity contribution in [3.05, 3.63) is 64.2 Å². The number of carbonyl (C=O) groups is 1. The molecule has 0 aromatic heterocycles. The lowest BCUT2D eigenvalue weighted by Crippen LogP contribution is -2.31. The number of carbonyl (C=O) groups excluding carboxylic acids is 1. The summed E-state index contributed by atoms with van der Waals surface area (Å²) < 4.78 is 12.4. The summed E-state index contributed by atoms with van der Waals surface area (Å²) in [5.74, 6) is 0.375. The third-order valence-electron chi connectivity index (χ3n) is 5.46. The van der Waals surface area contributed by atoms with Gasteiger partial charge in [0.1, 0.15) is 35.2 Å². The topological polar surface area (TPSA) is 76.0 Å². The number of allylic oxidation sites excluding steroid dienone is 2. The Morgan fingerprint density at radius 3 is 2.67 bits per heavy atom. The maximum atomic E-state index is 13.4.